The number of hydrogen-bond donors (Lipinski definition) is 0. The summed E-state index contributed by atoms with van der Waals surface area (Å²) in [6, 6.07) is 19.8. The number of carbonyl (C=O) groups excluding carboxylic acids is 1. The van der Waals surface area contributed by atoms with Crippen molar-refractivity contribution in [3.63, 3.8) is 0 Å². The topological polar surface area (TPSA) is 26.8 Å². The molecule has 1 aliphatic heterocycles. The maximum Gasteiger partial charge on any atom is 0.329 e. The molecule has 24 heavy (non-hydrogen) atoms. The summed E-state index contributed by atoms with van der Waals surface area (Å²) in [6.45, 7) is 2.68. The molecule has 4 nitrogen and oxygen atoms in total. The molecule has 1 atom stereocenters. The van der Waals surface area contributed by atoms with Gasteiger partial charge >= 0.3 is 6.03 Å². The van der Waals surface area contributed by atoms with Gasteiger partial charge in [0.1, 0.15) is 0 Å². The number of likely N-dealkylation sites (tertiary alicyclic amines) is 1. The van der Waals surface area contributed by atoms with Gasteiger partial charge in [-0.15, -0.1) is 0 Å². The van der Waals surface area contributed by atoms with Gasteiger partial charge in [0.05, 0.1) is 11.4 Å². The standard InChI is InChI=1S/C20H25N3O/c1-21(2)15-17-13-14-22(16-17)20(24)23(18-9-5-3-6-10-18)19-11-7-4-8-12-19/h3-12,17H,13-16H2,1-2H3/t17-/m1/s1. The fourth-order valence-electron chi connectivity index (χ4n) is 3.34. The molecule has 1 aliphatic rings. The lowest BCUT2D eigenvalue weighted by molar-refractivity contribution is 0.214. The van der Waals surface area contributed by atoms with Gasteiger partial charge in [-0.1, -0.05) is 36.4 Å². The largest absolute Gasteiger partial charge is 0.329 e. The molecule has 0 unspecified atom stereocenters. The van der Waals surface area contributed by atoms with E-state index in [4.69, 9.17) is 0 Å². The highest BCUT2D eigenvalue weighted by Gasteiger charge is 2.30. The van der Waals surface area contributed by atoms with Crippen molar-refractivity contribution in [3.8, 4) is 0 Å². The van der Waals surface area contributed by atoms with E-state index in [-0.39, 0.29) is 6.03 Å². The van der Waals surface area contributed by atoms with Crippen molar-refractivity contribution in [2.24, 2.45) is 5.92 Å². The van der Waals surface area contributed by atoms with Crippen LogP contribution >= 0.6 is 0 Å². The Labute approximate surface area is 144 Å². The first-order valence-corrected chi connectivity index (χ1v) is 8.49. The third-order valence-electron chi connectivity index (χ3n) is 4.40. The Morgan fingerprint density at radius 1 is 1.00 bits per heavy atom. The van der Waals surface area contributed by atoms with E-state index < -0.39 is 0 Å². The van der Waals surface area contributed by atoms with E-state index in [2.05, 4.69) is 19.0 Å². The average Bonchev–Trinajstić information content (AvgIpc) is 3.05. The van der Waals surface area contributed by atoms with Gasteiger partial charge in [0, 0.05) is 19.6 Å². The van der Waals surface area contributed by atoms with E-state index in [0.717, 1.165) is 37.4 Å². The zero-order valence-electron chi connectivity index (χ0n) is 14.4. The second-order valence-corrected chi connectivity index (χ2v) is 6.65. The molecule has 0 aromatic heterocycles. The van der Waals surface area contributed by atoms with Gasteiger partial charge in [0.15, 0.2) is 0 Å². The quantitative estimate of drug-likeness (QED) is 0.855. The molecule has 1 fully saturated rings. The molecule has 0 saturated carbocycles. The Morgan fingerprint density at radius 3 is 2.04 bits per heavy atom. The van der Waals surface area contributed by atoms with Crippen molar-refractivity contribution in [2.75, 3.05) is 38.6 Å². The van der Waals surface area contributed by atoms with Gasteiger partial charge in [-0.05, 0) is 50.7 Å². The van der Waals surface area contributed by atoms with Crippen LogP contribution in [-0.4, -0.2) is 49.6 Å². The van der Waals surface area contributed by atoms with Gasteiger partial charge in [0.25, 0.3) is 0 Å². The van der Waals surface area contributed by atoms with Crippen molar-refractivity contribution < 1.29 is 4.79 Å². The van der Waals surface area contributed by atoms with Gasteiger partial charge in [-0.2, -0.15) is 0 Å². The van der Waals surface area contributed by atoms with Crippen molar-refractivity contribution in [1.82, 2.24) is 9.80 Å². The van der Waals surface area contributed by atoms with Crippen molar-refractivity contribution >= 4 is 17.4 Å². The number of anilines is 2. The van der Waals surface area contributed by atoms with E-state index in [1.165, 1.54) is 0 Å². The fourth-order valence-corrected chi connectivity index (χ4v) is 3.34. The summed E-state index contributed by atoms with van der Waals surface area (Å²) in [5, 5.41) is 0. The maximum absolute atomic E-state index is 13.2. The first-order valence-electron chi connectivity index (χ1n) is 8.49. The van der Waals surface area contributed by atoms with Crippen LogP contribution in [0.1, 0.15) is 6.42 Å². The molecule has 0 N–H and O–H groups in total. The molecular formula is C20H25N3O. The van der Waals surface area contributed by atoms with Crippen molar-refractivity contribution in [3.05, 3.63) is 60.7 Å². The molecule has 3 rings (SSSR count). The molecule has 0 aliphatic carbocycles. The van der Waals surface area contributed by atoms with Crippen molar-refractivity contribution in [1.29, 1.82) is 0 Å². The fraction of sp³-hybridized carbons (Fsp3) is 0.350. The molecule has 0 bridgehead atoms. The summed E-state index contributed by atoms with van der Waals surface area (Å²) in [6.07, 6.45) is 1.07. The molecule has 0 spiro atoms. The van der Waals surface area contributed by atoms with E-state index in [1.54, 1.807) is 0 Å². The number of benzene rings is 2. The molecule has 1 heterocycles. The zero-order chi connectivity index (χ0) is 16.9. The SMILES string of the molecule is CN(C)C[C@H]1CCN(C(=O)N(c2ccccc2)c2ccccc2)C1. The number of hydrogen-bond acceptors (Lipinski definition) is 2. The number of amides is 2. The Bertz CT molecular complexity index is 618. The summed E-state index contributed by atoms with van der Waals surface area (Å²) in [5.74, 6) is 0.553. The average molecular weight is 323 g/mol. The third-order valence-corrected chi connectivity index (χ3v) is 4.40. The zero-order valence-corrected chi connectivity index (χ0v) is 14.4. The Kier molecular flexibility index (Phi) is 5.16. The monoisotopic (exact) mass is 323 g/mol. The lowest BCUT2D eigenvalue weighted by Gasteiger charge is -2.28. The first kappa shape index (κ1) is 16.5. The van der Waals surface area contributed by atoms with Gasteiger partial charge in [-0.3, -0.25) is 4.90 Å². The molecular weight excluding hydrogens is 298 g/mol. The summed E-state index contributed by atoms with van der Waals surface area (Å²) in [5.41, 5.74) is 1.81. The summed E-state index contributed by atoms with van der Waals surface area (Å²) in [7, 11) is 4.18. The highest BCUT2D eigenvalue weighted by Crippen LogP contribution is 2.28. The predicted molar refractivity (Wildman–Crippen MR) is 98.7 cm³/mol. The van der Waals surface area contributed by atoms with E-state index in [9.17, 15) is 4.79 Å². The van der Waals surface area contributed by atoms with E-state index >= 15 is 0 Å². The molecule has 0 radical (unpaired) electrons. The van der Waals surface area contributed by atoms with Gasteiger partial charge in [-0.25, -0.2) is 4.79 Å². The maximum atomic E-state index is 13.2. The predicted octanol–water partition coefficient (Wildman–Crippen LogP) is 3.83. The van der Waals surface area contributed by atoms with Crippen LogP contribution in [-0.2, 0) is 0 Å². The van der Waals surface area contributed by atoms with Crippen LogP contribution in [0.5, 0.6) is 0 Å². The number of nitrogens with zero attached hydrogens (tertiary/aromatic N) is 3. The summed E-state index contributed by atoms with van der Waals surface area (Å²) in [4.78, 5) is 19.2. The molecule has 1 saturated heterocycles. The highest BCUT2D eigenvalue weighted by atomic mass is 16.2. The summed E-state index contributed by atoms with van der Waals surface area (Å²) >= 11 is 0. The van der Waals surface area contributed by atoms with E-state index in [0.29, 0.717) is 5.92 Å². The molecule has 2 amide bonds. The third kappa shape index (κ3) is 3.77. The minimum Gasteiger partial charge on any atom is -0.324 e. The molecule has 4 heteroatoms. The van der Waals surface area contributed by atoms with Crippen LogP contribution in [0.2, 0.25) is 0 Å². The first-order chi connectivity index (χ1) is 11.6. The van der Waals surface area contributed by atoms with Crippen LogP contribution in [0.4, 0.5) is 16.2 Å². The Morgan fingerprint density at radius 2 is 1.54 bits per heavy atom. The number of urea groups is 1. The van der Waals surface area contributed by atoms with E-state index in [1.807, 2.05) is 70.5 Å². The number of para-hydroxylation sites is 2. The van der Waals surface area contributed by atoms with Crippen LogP contribution in [0.15, 0.2) is 60.7 Å². The van der Waals surface area contributed by atoms with Crippen LogP contribution < -0.4 is 4.90 Å². The van der Waals surface area contributed by atoms with Gasteiger partial charge in [0.2, 0.25) is 0 Å². The van der Waals surface area contributed by atoms with Gasteiger partial charge < -0.3 is 9.80 Å². The Balaban J connectivity index is 1.83. The van der Waals surface area contributed by atoms with Crippen LogP contribution in [0.25, 0.3) is 0 Å². The van der Waals surface area contributed by atoms with Crippen LogP contribution in [0, 0.1) is 5.92 Å². The normalized spacial score (nSPS) is 17.3. The number of carbonyl (C=O) groups is 1. The van der Waals surface area contributed by atoms with Crippen LogP contribution in [0.3, 0.4) is 0 Å². The second kappa shape index (κ2) is 7.49. The summed E-state index contributed by atoms with van der Waals surface area (Å²) < 4.78 is 0. The highest BCUT2D eigenvalue weighted by molar-refractivity contribution is 5.99. The minimum absolute atomic E-state index is 0.0636. The lowest BCUT2D eigenvalue weighted by Crippen LogP contribution is -2.40. The molecule has 2 aromatic rings. The second-order valence-electron chi connectivity index (χ2n) is 6.65. The molecule has 2 aromatic carbocycles. The minimum atomic E-state index is 0.0636. The Hall–Kier alpha value is -2.33. The number of rotatable bonds is 4. The smallest absolute Gasteiger partial charge is 0.324 e. The lowest BCUT2D eigenvalue weighted by atomic mass is 10.1. The molecule has 126 valence electrons. The van der Waals surface area contributed by atoms with Crippen molar-refractivity contribution in [2.45, 2.75) is 6.42 Å².